The van der Waals surface area contributed by atoms with Crippen molar-refractivity contribution in [2.45, 2.75) is 18.9 Å². The molecule has 0 bridgehead atoms. The van der Waals surface area contributed by atoms with E-state index in [1.54, 1.807) is 22.0 Å². The van der Waals surface area contributed by atoms with Gasteiger partial charge in [0.2, 0.25) is 11.8 Å². The molecule has 1 fully saturated rings. The molecule has 4 rings (SSSR count). The van der Waals surface area contributed by atoms with Crippen LogP contribution in [0.25, 0.3) is 10.8 Å². The molecule has 26 heavy (non-hydrogen) atoms. The Morgan fingerprint density at radius 2 is 2.04 bits per heavy atom. The van der Waals surface area contributed by atoms with Crippen LogP contribution >= 0.6 is 0 Å². The smallest absolute Gasteiger partial charge is 0.249 e. The molecule has 1 N–H and O–H groups in total. The van der Waals surface area contributed by atoms with Gasteiger partial charge in [0.25, 0.3) is 0 Å². The Hall–Kier alpha value is -3.15. The van der Waals surface area contributed by atoms with Crippen LogP contribution in [0.2, 0.25) is 0 Å². The summed E-state index contributed by atoms with van der Waals surface area (Å²) in [5.41, 5.74) is 1.73. The lowest BCUT2D eigenvalue weighted by molar-refractivity contribution is -0.126. The fraction of sp³-hybridized carbons (Fsp3) is 0.250. The number of nitrogens with zero attached hydrogens (tertiary/aromatic N) is 3. The number of amides is 2. The van der Waals surface area contributed by atoms with E-state index >= 15 is 0 Å². The van der Waals surface area contributed by atoms with Crippen molar-refractivity contribution in [1.82, 2.24) is 15.1 Å². The van der Waals surface area contributed by atoms with Crippen LogP contribution in [0.4, 0.5) is 5.69 Å². The van der Waals surface area contributed by atoms with Crippen molar-refractivity contribution in [3.8, 4) is 0 Å². The lowest BCUT2D eigenvalue weighted by Gasteiger charge is -2.15. The molecule has 2 aromatic carbocycles. The van der Waals surface area contributed by atoms with Gasteiger partial charge in [-0.25, -0.2) is 0 Å². The van der Waals surface area contributed by atoms with Gasteiger partial charge >= 0.3 is 0 Å². The van der Waals surface area contributed by atoms with E-state index in [2.05, 4.69) is 10.4 Å². The van der Waals surface area contributed by atoms with Gasteiger partial charge in [-0.3, -0.25) is 14.3 Å². The van der Waals surface area contributed by atoms with Crippen LogP contribution in [0.15, 0.2) is 54.9 Å². The van der Waals surface area contributed by atoms with Gasteiger partial charge in [0.1, 0.15) is 6.04 Å². The molecule has 2 amide bonds. The van der Waals surface area contributed by atoms with Crippen LogP contribution in [0, 0.1) is 0 Å². The van der Waals surface area contributed by atoms with Gasteiger partial charge in [-0.15, -0.1) is 0 Å². The van der Waals surface area contributed by atoms with Crippen LogP contribution in [0.3, 0.4) is 0 Å². The minimum atomic E-state index is -0.474. The number of hydrogen-bond acceptors (Lipinski definition) is 3. The highest BCUT2D eigenvalue weighted by molar-refractivity contribution is 6.01. The molecule has 1 atom stereocenters. The van der Waals surface area contributed by atoms with Crippen molar-refractivity contribution in [2.24, 2.45) is 7.05 Å². The summed E-state index contributed by atoms with van der Waals surface area (Å²) < 4.78 is 1.66. The van der Waals surface area contributed by atoms with E-state index in [0.29, 0.717) is 13.0 Å². The third-order valence-electron chi connectivity index (χ3n) is 4.77. The Kier molecular flexibility index (Phi) is 4.16. The molecule has 1 aliphatic rings. The van der Waals surface area contributed by atoms with E-state index in [-0.39, 0.29) is 18.2 Å². The summed E-state index contributed by atoms with van der Waals surface area (Å²) in [5.74, 6) is -0.211. The average molecular weight is 348 g/mol. The zero-order valence-electron chi connectivity index (χ0n) is 14.6. The maximum Gasteiger partial charge on any atom is 0.249 e. The Morgan fingerprint density at radius 1 is 1.23 bits per heavy atom. The number of carbonyl (C=O) groups excluding carboxylic acids is 2. The highest BCUT2D eigenvalue weighted by atomic mass is 16.2. The first-order chi connectivity index (χ1) is 12.6. The highest BCUT2D eigenvalue weighted by Crippen LogP contribution is 2.22. The summed E-state index contributed by atoms with van der Waals surface area (Å²) in [5, 5.41) is 9.17. The number of aryl methyl sites for hydroxylation is 1. The molecule has 0 saturated carbocycles. The fourth-order valence-corrected chi connectivity index (χ4v) is 3.48. The fourth-order valence-electron chi connectivity index (χ4n) is 3.48. The predicted molar refractivity (Wildman–Crippen MR) is 99.8 cm³/mol. The van der Waals surface area contributed by atoms with E-state index in [1.807, 2.05) is 49.5 Å². The molecular weight excluding hydrogens is 328 g/mol. The van der Waals surface area contributed by atoms with Gasteiger partial charge in [-0.2, -0.15) is 5.10 Å². The van der Waals surface area contributed by atoms with Crippen molar-refractivity contribution in [3.05, 3.63) is 60.4 Å². The molecule has 1 aromatic heterocycles. The molecule has 0 aliphatic carbocycles. The maximum atomic E-state index is 12.6. The monoisotopic (exact) mass is 348 g/mol. The van der Waals surface area contributed by atoms with Gasteiger partial charge in [-0.1, -0.05) is 42.5 Å². The normalized spacial score (nSPS) is 17.0. The molecule has 6 heteroatoms. The minimum absolute atomic E-state index is 0.0794. The molecule has 6 nitrogen and oxygen atoms in total. The molecule has 2 heterocycles. The topological polar surface area (TPSA) is 67.2 Å². The van der Waals surface area contributed by atoms with Crippen molar-refractivity contribution in [3.63, 3.8) is 0 Å². The van der Waals surface area contributed by atoms with E-state index in [1.165, 1.54) is 0 Å². The average Bonchev–Trinajstić information content (AvgIpc) is 3.21. The summed E-state index contributed by atoms with van der Waals surface area (Å²) in [6, 6.07) is 13.5. The molecular formula is C20H20N4O2. The van der Waals surface area contributed by atoms with E-state index in [0.717, 1.165) is 22.0 Å². The number of rotatable bonds is 4. The van der Waals surface area contributed by atoms with Crippen LogP contribution < -0.4 is 10.2 Å². The Morgan fingerprint density at radius 3 is 2.85 bits per heavy atom. The Labute approximate surface area is 151 Å². The summed E-state index contributed by atoms with van der Waals surface area (Å²) in [7, 11) is 1.81. The number of fused-ring (bicyclic) bond motifs is 1. The van der Waals surface area contributed by atoms with Gasteiger partial charge in [0.05, 0.1) is 18.3 Å². The number of hydrogen-bond donors (Lipinski definition) is 1. The van der Waals surface area contributed by atoms with Crippen molar-refractivity contribution in [2.75, 3.05) is 11.4 Å². The number of carbonyl (C=O) groups is 2. The lowest BCUT2D eigenvalue weighted by Crippen LogP contribution is -2.42. The molecule has 1 unspecified atom stereocenters. The lowest BCUT2D eigenvalue weighted by atomic mass is 10.0. The second-order valence-electron chi connectivity index (χ2n) is 6.59. The quantitative estimate of drug-likeness (QED) is 0.785. The highest BCUT2D eigenvalue weighted by Gasteiger charge is 2.34. The second-order valence-corrected chi connectivity index (χ2v) is 6.59. The van der Waals surface area contributed by atoms with Crippen LogP contribution in [0.5, 0.6) is 0 Å². The Bertz CT molecular complexity index is 973. The number of nitrogens with one attached hydrogen (secondary N) is 1. The standard InChI is InChI=1S/C20H20N4O2/c1-23-13-16(12-21-23)24-10-9-18(20(24)26)22-19(25)11-15-7-4-6-14-5-2-3-8-17(14)15/h2-8,12-13,18H,9-11H2,1H3,(H,22,25). The van der Waals surface area contributed by atoms with Gasteiger partial charge in [0.15, 0.2) is 0 Å². The molecule has 1 saturated heterocycles. The number of benzene rings is 2. The minimum Gasteiger partial charge on any atom is -0.344 e. The molecule has 1 aliphatic heterocycles. The van der Waals surface area contributed by atoms with Crippen molar-refractivity contribution in [1.29, 1.82) is 0 Å². The summed E-state index contributed by atoms with van der Waals surface area (Å²) >= 11 is 0. The third kappa shape index (κ3) is 3.06. The summed E-state index contributed by atoms with van der Waals surface area (Å²) in [6.07, 6.45) is 4.34. The number of anilines is 1. The van der Waals surface area contributed by atoms with Gasteiger partial charge in [-0.05, 0) is 22.8 Å². The summed E-state index contributed by atoms with van der Waals surface area (Å²) in [6.45, 7) is 0.587. The van der Waals surface area contributed by atoms with E-state index < -0.39 is 6.04 Å². The predicted octanol–water partition coefficient (Wildman–Crippen LogP) is 2.04. The zero-order valence-corrected chi connectivity index (χ0v) is 14.6. The SMILES string of the molecule is Cn1cc(N2CCC(NC(=O)Cc3cccc4ccccc34)C2=O)cn1. The maximum absolute atomic E-state index is 12.6. The summed E-state index contributed by atoms with van der Waals surface area (Å²) in [4.78, 5) is 26.8. The molecule has 0 spiro atoms. The second kappa shape index (κ2) is 6.63. The van der Waals surface area contributed by atoms with E-state index in [4.69, 9.17) is 0 Å². The van der Waals surface area contributed by atoms with Crippen molar-refractivity contribution >= 4 is 28.3 Å². The van der Waals surface area contributed by atoms with Crippen molar-refractivity contribution < 1.29 is 9.59 Å². The Balaban J connectivity index is 1.44. The first-order valence-corrected chi connectivity index (χ1v) is 8.68. The third-order valence-corrected chi connectivity index (χ3v) is 4.77. The zero-order chi connectivity index (χ0) is 18.1. The molecule has 0 radical (unpaired) electrons. The molecule has 3 aromatic rings. The van der Waals surface area contributed by atoms with E-state index in [9.17, 15) is 9.59 Å². The first-order valence-electron chi connectivity index (χ1n) is 8.68. The first kappa shape index (κ1) is 16.3. The van der Waals surface area contributed by atoms with Crippen LogP contribution in [-0.4, -0.2) is 34.2 Å². The van der Waals surface area contributed by atoms with Gasteiger partial charge < -0.3 is 10.2 Å². The molecule has 132 valence electrons. The van der Waals surface area contributed by atoms with Gasteiger partial charge in [0, 0.05) is 19.8 Å². The van der Waals surface area contributed by atoms with Crippen LogP contribution in [-0.2, 0) is 23.1 Å². The van der Waals surface area contributed by atoms with Crippen LogP contribution in [0.1, 0.15) is 12.0 Å². The number of aromatic nitrogens is 2. The largest absolute Gasteiger partial charge is 0.344 e.